The second kappa shape index (κ2) is 4.53. The van der Waals surface area contributed by atoms with E-state index in [1.54, 1.807) is 6.92 Å². The van der Waals surface area contributed by atoms with Crippen molar-refractivity contribution in [2.45, 2.75) is 25.7 Å². The summed E-state index contributed by atoms with van der Waals surface area (Å²) in [4.78, 5) is 11.5. The van der Waals surface area contributed by atoms with Gasteiger partial charge in [0.05, 0.1) is 13.2 Å². The maximum Gasteiger partial charge on any atom is 0.161 e. The van der Waals surface area contributed by atoms with Crippen molar-refractivity contribution in [1.82, 2.24) is 0 Å². The number of Topliss-reactive ketones (excluding diaryl/α,β-unsaturated/α-hetero) is 1. The van der Waals surface area contributed by atoms with Crippen molar-refractivity contribution in [1.29, 1.82) is 0 Å². The summed E-state index contributed by atoms with van der Waals surface area (Å²) in [7, 11) is 0. The molecule has 1 fully saturated rings. The number of carbonyl (C=O) groups excluding carboxylic acids is 1. The first-order valence-electron chi connectivity index (χ1n) is 6.59. The zero-order chi connectivity index (χ0) is 13.5. The van der Waals surface area contributed by atoms with Crippen LogP contribution < -0.4 is 9.47 Å². The molecule has 0 aromatic heterocycles. The molecule has 3 rings (SSSR count). The van der Waals surface area contributed by atoms with Gasteiger partial charge in [-0.15, -0.1) is 0 Å². The number of rotatable bonds is 3. The molecule has 2 aliphatic rings. The Morgan fingerprint density at radius 3 is 2.37 bits per heavy atom. The second-order valence-corrected chi connectivity index (χ2v) is 5.46. The van der Waals surface area contributed by atoms with E-state index in [-0.39, 0.29) is 11.2 Å². The summed E-state index contributed by atoms with van der Waals surface area (Å²) in [5.74, 6) is 1.77. The van der Waals surface area contributed by atoms with Crippen molar-refractivity contribution in [3.05, 3.63) is 23.3 Å². The number of ether oxygens (including phenoxy) is 3. The summed E-state index contributed by atoms with van der Waals surface area (Å²) in [5, 5.41) is 0. The van der Waals surface area contributed by atoms with Crippen LogP contribution in [0.1, 0.15) is 24.5 Å². The van der Waals surface area contributed by atoms with Gasteiger partial charge in [-0.25, -0.2) is 0 Å². The second-order valence-electron chi connectivity index (χ2n) is 5.46. The molecule has 0 atom stereocenters. The van der Waals surface area contributed by atoms with Crippen molar-refractivity contribution in [2.75, 3.05) is 26.4 Å². The average Bonchev–Trinajstić information content (AvgIpc) is 2.33. The fourth-order valence-corrected chi connectivity index (χ4v) is 2.94. The highest BCUT2D eigenvalue weighted by Gasteiger charge is 2.43. The molecule has 2 heterocycles. The minimum absolute atomic E-state index is 0.175. The van der Waals surface area contributed by atoms with E-state index in [1.165, 1.54) is 0 Å². The lowest BCUT2D eigenvalue weighted by molar-refractivity contribution is -0.125. The highest BCUT2D eigenvalue weighted by Crippen LogP contribution is 2.42. The summed E-state index contributed by atoms with van der Waals surface area (Å²) in [6, 6.07) is 4.03. The van der Waals surface area contributed by atoms with Gasteiger partial charge in [-0.3, -0.25) is 4.79 Å². The minimum atomic E-state index is -0.175. The van der Waals surface area contributed by atoms with Gasteiger partial charge in [0.25, 0.3) is 0 Å². The van der Waals surface area contributed by atoms with Crippen LogP contribution in [0.3, 0.4) is 0 Å². The standard InChI is InChI=1S/C15H18O4/c1-10-5-13-14(19-4-3-18-13)6-12(10)15(7-11(2)16)8-17-9-15/h5-6H,3-4,7-9H2,1-2H3. The van der Waals surface area contributed by atoms with Crippen LogP contribution in [0.4, 0.5) is 0 Å². The Hall–Kier alpha value is -1.55. The Bertz CT molecular complexity index is 517. The number of aryl methyl sites for hydroxylation is 1. The van der Waals surface area contributed by atoms with E-state index >= 15 is 0 Å². The highest BCUT2D eigenvalue weighted by molar-refractivity contribution is 5.77. The zero-order valence-corrected chi connectivity index (χ0v) is 11.3. The number of benzene rings is 1. The lowest BCUT2D eigenvalue weighted by Crippen LogP contribution is -2.48. The van der Waals surface area contributed by atoms with Gasteiger partial charge in [-0.1, -0.05) is 0 Å². The predicted octanol–water partition coefficient (Wildman–Crippen LogP) is 2.01. The number of hydrogen-bond acceptors (Lipinski definition) is 4. The molecule has 0 spiro atoms. The Balaban J connectivity index is 2.01. The first-order chi connectivity index (χ1) is 9.11. The van der Waals surface area contributed by atoms with Crippen LogP contribution in [0.25, 0.3) is 0 Å². The monoisotopic (exact) mass is 262 g/mol. The van der Waals surface area contributed by atoms with Crippen molar-refractivity contribution >= 4 is 5.78 Å². The third-order valence-electron chi connectivity index (χ3n) is 3.80. The number of fused-ring (bicyclic) bond motifs is 1. The quantitative estimate of drug-likeness (QED) is 0.836. The van der Waals surface area contributed by atoms with E-state index in [9.17, 15) is 4.79 Å². The van der Waals surface area contributed by atoms with Gasteiger partial charge >= 0.3 is 0 Å². The molecule has 4 heteroatoms. The lowest BCUT2D eigenvalue weighted by Gasteiger charge is -2.42. The van der Waals surface area contributed by atoms with Crippen LogP contribution in [0.2, 0.25) is 0 Å². The summed E-state index contributed by atoms with van der Waals surface area (Å²) in [6.45, 7) is 6.06. The van der Waals surface area contributed by atoms with Gasteiger partial charge in [0.15, 0.2) is 11.5 Å². The molecule has 102 valence electrons. The smallest absolute Gasteiger partial charge is 0.161 e. The van der Waals surface area contributed by atoms with E-state index in [4.69, 9.17) is 14.2 Å². The van der Waals surface area contributed by atoms with Crippen LogP contribution in [-0.2, 0) is 14.9 Å². The molecule has 1 aromatic rings. The van der Waals surface area contributed by atoms with Gasteiger partial charge in [-0.2, -0.15) is 0 Å². The fourth-order valence-electron chi connectivity index (χ4n) is 2.94. The van der Waals surface area contributed by atoms with Crippen LogP contribution in [0, 0.1) is 6.92 Å². The summed E-state index contributed by atoms with van der Waals surface area (Å²) in [6.07, 6.45) is 0.521. The van der Waals surface area contributed by atoms with Gasteiger partial charge in [-0.05, 0) is 37.1 Å². The van der Waals surface area contributed by atoms with Gasteiger partial charge in [0.2, 0.25) is 0 Å². The highest BCUT2D eigenvalue weighted by atomic mass is 16.6. The molecule has 0 aliphatic carbocycles. The topological polar surface area (TPSA) is 44.8 Å². The molecule has 0 amide bonds. The van der Waals surface area contributed by atoms with Crippen molar-refractivity contribution in [3.8, 4) is 11.5 Å². The van der Waals surface area contributed by atoms with Crippen molar-refractivity contribution in [3.63, 3.8) is 0 Å². The van der Waals surface area contributed by atoms with Gasteiger partial charge < -0.3 is 14.2 Å². The Morgan fingerprint density at radius 2 is 1.84 bits per heavy atom. The Kier molecular flexibility index (Phi) is 2.97. The first kappa shape index (κ1) is 12.5. The summed E-state index contributed by atoms with van der Waals surface area (Å²) in [5.41, 5.74) is 2.11. The SMILES string of the molecule is CC(=O)CC1(c2cc3c(cc2C)OCCO3)COC1. The lowest BCUT2D eigenvalue weighted by atomic mass is 9.73. The summed E-state index contributed by atoms with van der Waals surface area (Å²) < 4.78 is 16.6. The molecule has 0 unspecified atom stereocenters. The molecule has 2 aliphatic heterocycles. The van der Waals surface area contributed by atoms with Crippen LogP contribution in [-0.4, -0.2) is 32.2 Å². The fraction of sp³-hybridized carbons (Fsp3) is 0.533. The molecule has 4 nitrogen and oxygen atoms in total. The average molecular weight is 262 g/mol. The molecular weight excluding hydrogens is 244 g/mol. The Morgan fingerprint density at radius 1 is 1.21 bits per heavy atom. The molecule has 0 radical (unpaired) electrons. The largest absolute Gasteiger partial charge is 0.486 e. The third kappa shape index (κ3) is 2.10. The third-order valence-corrected chi connectivity index (χ3v) is 3.80. The van der Waals surface area contributed by atoms with Crippen molar-refractivity contribution < 1.29 is 19.0 Å². The number of carbonyl (C=O) groups is 1. The molecule has 0 bridgehead atoms. The van der Waals surface area contributed by atoms with Gasteiger partial charge in [0, 0.05) is 11.8 Å². The Labute approximate surface area is 112 Å². The van der Waals surface area contributed by atoms with E-state index < -0.39 is 0 Å². The number of ketones is 1. The molecular formula is C15H18O4. The number of hydrogen-bond donors (Lipinski definition) is 0. The van der Waals surface area contributed by atoms with Crippen LogP contribution in [0.5, 0.6) is 11.5 Å². The molecule has 19 heavy (non-hydrogen) atoms. The molecule has 0 saturated carbocycles. The molecule has 1 saturated heterocycles. The summed E-state index contributed by atoms with van der Waals surface area (Å²) >= 11 is 0. The van der Waals surface area contributed by atoms with Crippen LogP contribution >= 0.6 is 0 Å². The minimum Gasteiger partial charge on any atom is -0.486 e. The van der Waals surface area contributed by atoms with Crippen molar-refractivity contribution in [2.24, 2.45) is 0 Å². The van der Waals surface area contributed by atoms with Crippen LogP contribution in [0.15, 0.2) is 12.1 Å². The first-order valence-corrected chi connectivity index (χ1v) is 6.59. The zero-order valence-electron chi connectivity index (χ0n) is 11.3. The van der Waals surface area contributed by atoms with E-state index in [0.29, 0.717) is 32.8 Å². The van der Waals surface area contributed by atoms with Gasteiger partial charge in [0.1, 0.15) is 19.0 Å². The molecule has 0 N–H and O–H groups in total. The predicted molar refractivity (Wildman–Crippen MR) is 70.0 cm³/mol. The molecule has 1 aromatic carbocycles. The van der Waals surface area contributed by atoms with E-state index in [2.05, 4.69) is 0 Å². The maximum absolute atomic E-state index is 11.5. The van der Waals surface area contributed by atoms with E-state index in [1.807, 2.05) is 19.1 Å². The maximum atomic E-state index is 11.5. The van der Waals surface area contributed by atoms with E-state index in [0.717, 1.165) is 22.6 Å². The normalized spacial score (nSPS) is 19.7.